The Labute approximate surface area is 119 Å². The van der Waals surface area contributed by atoms with Gasteiger partial charge in [0.2, 0.25) is 0 Å². The highest BCUT2D eigenvalue weighted by Crippen LogP contribution is 2.22. The fourth-order valence-corrected chi connectivity index (χ4v) is 2.29. The molecule has 0 aliphatic heterocycles. The molecule has 0 fully saturated rings. The number of rotatable bonds is 4. The summed E-state index contributed by atoms with van der Waals surface area (Å²) in [6.07, 6.45) is 1.82. The lowest BCUT2D eigenvalue weighted by Crippen LogP contribution is -2.19. The summed E-state index contributed by atoms with van der Waals surface area (Å²) in [6, 6.07) is 9.94. The van der Waals surface area contributed by atoms with E-state index in [1.165, 1.54) is 0 Å². The van der Waals surface area contributed by atoms with Crippen molar-refractivity contribution in [2.75, 3.05) is 11.9 Å². The maximum atomic E-state index is 6.18. The number of anilines is 1. The van der Waals surface area contributed by atoms with Gasteiger partial charge in [0.05, 0.1) is 0 Å². The molecule has 0 bridgehead atoms. The number of aryl methyl sites for hydroxylation is 1. The zero-order valence-corrected chi connectivity index (χ0v) is 12.0. The molecule has 0 atom stereocenters. The van der Waals surface area contributed by atoms with Crippen LogP contribution in [0.4, 0.5) is 5.82 Å². The fourth-order valence-electron chi connectivity index (χ4n) is 2.09. The van der Waals surface area contributed by atoms with Gasteiger partial charge in [0.1, 0.15) is 5.82 Å². The van der Waals surface area contributed by atoms with E-state index < -0.39 is 0 Å². The monoisotopic (exact) mass is 275 g/mol. The number of nitrogens with zero attached hydrogens (tertiary/aromatic N) is 2. The number of aromatic nitrogens is 1. The normalized spacial score (nSPS) is 10.5. The Kier molecular flexibility index (Phi) is 4.40. The van der Waals surface area contributed by atoms with Crippen molar-refractivity contribution in [2.24, 2.45) is 5.73 Å². The van der Waals surface area contributed by atoms with Gasteiger partial charge >= 0.3 is 0 Å². The molecule has 2 N–H and O–H groups in total. The number of benzene rings is 1. The number of hydrogen-bond acceptors (Lipinski definition) is 3. The summed E-state index contributed by atoms with van der Waals surface area (Å²) < 4.78 is 0. The average Bonchev–Trinajstić information content (AvgIpc) is 2.41. The van der Waals surface area contributed by atoms with Crippen molar-refractivity contribution in [1.82, 2.24) is 4.98 Å². The van der Waals surface area contributed by atoms with Crippen LogP contribution in [0.15, 0.2) is 36.5 Å². The average molecular weight is 276 g/mol. The molecule has 0 saturated heterocycles. The molecule has 3 nitrogen and oxygen atoms in total. The number of nitrogens with two attached hydrogens (primary N) is 1. The van der Waals surface area contributed by atoms with Gasteiger partial charge in [-0.05, 0) is 35.7 Å². The third kappa shape index (κ3) is 3.25. The second-order valence-electron chi connectivity index (χ2n) is 4.64. The molecular weight excluding hydrogens is 258 g/mol. The molecule has 0 unspecified atom stereocenters. The summed E-state index contributed by atoms with van der Waals surface area (Å²) in [5.74, 6) is 0.956. The zero-order chi connectivity index (χ0) is 13.8. The largest absolute Gasteiger partial charge is 0.355 e. The molecule has 1 aromatic heterocycles. The summed E-state index contributed by atoms with van der Waals surface area (Å²) in [7, 11) is 2.01. The quantitative estimate of drug-likeness (QED) is 0.932. The highest BCUT2D eigenvalue weighted by Gasteiger charge is 2.09. The molecule has 0 spiro atoms. The van der Waals surface area contributed by atoms with Crippen molar-refractivity contribution in [3.63, 3.8) is 0 Å². The molecule has 19 heavy (non-hydrogen) atoms. The molecule has 0 aliphatic carbocycles. The minimum Gasteiger partial charge on any atom is -0.355 e. The summed E-state index contributed by atoms with van der Waals surface area (Å²) in [5.41, 5.74) is 8.88. The standard InChI is InChI=1S/C15H18ClN3/c1-11-7-12(8-17)9-18-15(11)19(2)10-13-5-3-4-6-14(13)16/h3-7,9H,8,10,17H2,1-2H3. The van der Waals surface area contributed by atoms with Crippen molar-refractivity contribution in [3.8, 4) is 0 Å². The first-order valence-corrected chi connectivity index (χ1v) is 6.59. The van der Waals surface area contributed by atoms with Gasteiger partial charge in [0, 0.05) is 31.4 Å². The summed E-state index contributed by atoms with van der Waals surface area (Å²) in [6.45, 7) is 3.29. The second kappa shape index (κ2) is 6.04. The molecule has 2 rings (SSSR count). The van der Waals surface area contributed by atoms with Gasteiger partial charge in [-0.1, -0.05) is 29.8 Å². The maximum Gasteiger partial charge on any atom is 0.131 e. The molecule has 0 aliphatic rings. The summed E-state index contributed by atoms with van der Waals surface area (Å²) in [4.78, 5) is 6.57. The Morgan fingerprint density at radius 1 is 1.32 bits per heavy atom. The van der Waals surface area contributed by atoms with Crippen molar-refractivity contribution in [2.45, 2.75) is 20.0 Å². The fraction of sp³-hybridized carbons (Fsp3) is 0.267. The first-order valence-electron chi connectivity index (χ1n) is 6.22. The Balaban J connectivity index is 2.21. The SMILES string of the molecule is Cc1cc(CN)cnc1N(C)Cc1ccccc1Cl. The van der Waals surface area contributed by atoms with E-state index in [9.17, 15) is 0 Å². The minimum absolute atomic E-state index is 0.516. The molecule has 100 valence electrons. The number of halogens is 1. The number of hydrogen-bond donors (Lipinski definition) is 1. The zero-order valence-electron chi connectivity index (χ0n) is 11.2. The van der Waals surface area contributed by atoms with E-state index in [2.05, 4.69) is 16.0 Å². The molecule has 0 amide bonds. The van der Waals surface area contributed by atoms with E-state index in [1.54, 1.807) is 0 Å². The van der Waals surface area contributed by atoms with Crippen molar-refractivity contribution >= 4 is 17.4 Å². The van der Waals surface area contributed by atoms with Crippen LogP contribution in [0.5, 0.6) is 0 Å². The molecule has 1 aromatic carbocycles. The molecule has 0 saturated carbocycles. The van der Waals surface area contributed by atoms with Gasteiger partial charge in [0.15, 0.2) is 0 Å². The van der Waals surface area contributed by atoms with E-state index in [4.69, 9.17) is 17.3 Å². The Bertz CT molecular complexity index is 569. The first-order chi connectivity index (χ1) is 9.11. The molecule has 0 radical (unpaired) electrons. The van der Waals surface area contributed by atoms with Gasteiger partial charge < -0.3 is 10.6 Å². The van der Waals surface area contributed by atoms with Crippen molar-refractivity contribution < 1.29 is 0 Å². The highest BCUT2D eigenvalue weighted by molar-refractivity contribution is 6.31. The van der Waals surface area contributed by atoms with Crippen LogP contribution in [0.25, 0.3) is 0 Å². The smallest absolute Gasteiger partial charge is 0.131 e. The van der Waals surface area contributed by atoms with Crippen LogP contribution in [-0.4, -0.2) is 12.0 Å². The Morgan fingerprint density at radius 2 is 2.05 bits per heavy atom. The van der Waals surface area contributed by atoms with Crippen LogP contribution < -0.4 is 10.6 Å². The molecule has 4 heteroatoms. The Morgan fingerprint density at radius 3 is 2.68 bits per heavy atom. The lowest BCUT2D eigenvalue weighted by atomic mass is 10.1. The second-order valence-corrected chi connectivity index (χ2v) is 5.04. The van der Waals surface area contributed by atoms with Crippen molar-refractivity contribution in [3.05, 3.63) is 58.2 Å². The van der Waals surface area contributed by atoms with Gasteiger partial charge in [-0.25, -0.2) is 4.98 Å². The van der Waals surface area contributed by atoms with Crippen LogP contribution in [0.1, 0.15) is 16.7 Å². The van der Waals surface area contributed by atoms with Crippen LogP contribution >= 0.6 is 11.6 Å². The third-order valence-electron chi connectivity index (χ3n) is 3.07. The van der Waals surface area contributed by atoms with Crippen LogP contribution in [0, 0.1) is 6.92 Å². The van der Waals surface area contributed by atoms with E-state index >= 15 is 0 Å². The highest BCUT2D eigenvalue weighted by atomic mass is 35.5. The maximum absolute atomic E-state index is 6.18. The first kappa shape index (κ1) is 13.8. The van der Waals surface area contributed by atoms with Gasteiger partial charge in [-0.3, -0.25) is 0 Å². The van der Waals surface area contributed by atoms with E-state index in [0.717, 1.165) is 34.1 Å². The van der Waals surface area contributed by atoms with Gasteiger partial charge in [-0.15, -0.1) is 0 Å². The molecule has 2 aromatic rings. The predicted molar refractivity (Wildman–Crippen MR) is 80.4 cm³/mol. The summed E-state index contributed by atoms with van der Waals surface area (Å²) >= 11 is 6.18. The van der Waals surface area contributed by atoms with Crippen LogP contribution in [0.3, 0.4) is 0 Å². The molecular formula is C15H18ClN3. The minimum atomic E-state index is 0.516. The van der Waals surface area contributed by atoms with Crippen LogP contribution in [-0.2, 0) is 13.1 Å². The van der Waals surface area contributed by atoms with Gasteiger partial charge in [-0.2, -0.15) is 0 Å². The Hall–Kier alpha value is -1.58. The van der Waals surface area contributed by atoms with Crippen LogP contribution in [0.2, 0.25) is 5.02 Å². The number of pyridine rings is 1. The van der Waals surface area contributed by atoms with Gasteiger partial charge in [0.25, 0.3) is 0 Å². The van der Waals surface area contributed by atoms with E-state index in [1.807, 2.05) is 44.4 Å². The lowest BCUT2D eigenvalue weighted by Gasteiger charge is -2.21. The summed E-state index contributed by atoms with van der Waals surface area (Å²) in [5, 5.41) is 0.783. The van der Waals surface area contributed by atoms with Crippen molar-refractivity contribution in [1.29, 1.82) is 0 Å². The van der Waals surface area contributed by atoms with E-state index in [-0.39, 0.29) is 0 Å². The predicted octanol–water partition coefficient (Wildman–Crippen LogP) is 3.14. The lowest BCUT2D eigenvalue weighted by molar-refractivity contribution is 0.885. The molecule has 1 heterocycles. The third-order valence-corrected chi connectivity index (χ3v) is 3.44. The topological polar surface area (TPSA) is 42.1 Å². The van der Waals surface area contributed by atoms with E-state index in [0.29, 0.717) is 6.54 Å².